The summed E-state index contributed by atoms with van der Waals surface area (Å²) < 4.78 is 0. The van der Waals surface area contributed by atoms with Gasteiger partial charge in [-0.3, -0.25) is 0 Å². The van der Waals surface area contributed by atoms with Crippen LogP contribution in [0, 0.1) is 0 Å². The number of rotatable bonds is 0. The van der Waals surface area contributed by atoms with Crippen molar-refractivity contribution in [1.82, 2.24) is 4.90 Å². The summed E-state index contributed by atoms with van der Waals surface area (Å²) in [5.41, 5.74) is 0. The molecular formula is C3H9NTi. The Balaban J connectivity index is 0. The molecule has 2 heteroatoms. The first-order valence-electron chi connectivity index (χ1n) is 1.34. The van der Waals surface area contributed by atoms with Crippen LogP contribution in [0.4, 0.5) is 0 Å². The summed E-state index contributed by atoms with van der Waals surface area (Å²) >= 11 is 0. The van der Waals surface area contributed by atoms with Crippen molar-refractivity contribution in [2.24, 2.45) is 0 Å². The van der Waals surface area contributed by atoms with E-state index in [0.717, 1.165) is 0 Å². The van der Waals surface area contributed by atoms with Gasteiger partial charge in [0.15, 0.2) is 0 Å². The molecule has 0 saturated carbocycles. The maximum atomic E-state index is 2.00. The van der Waals surface area contributed by atoms with Crippen LogP contribution in [0.15, 0.2) is 0 Å². The van der Waals surface area contributed by atoms with Crippen LogP contribution in [0.2, 0.25) is 0 Å². The first-order chi connectivity index (χ1) is 1.73. The van der Waals surface area contributed by atoms with Gasteiger partial charge in [-0.25, -0.2) is 0 Å². The Morgan fingerprint density at radius 3 is 1.00 bits per heavy atom. The molecule has 0 aliphatic rings. The number of hydrogen-bond acceptors (Lipinski definition) is 1. The van der Waals surface area contributed by atoms with Gasteiger partial charge in [-0.15, -0.1) is 0 Å². The van der Waals surface area contributed by atoms with Crippen molar-refractivity contribution in [1.29, 1.82) is 0 Å². The first kappa shape index (κ1) is 9.18. The largest absolute Gasteiger partial charge is 0.312 e. The summed E-state index contributed by atoms with van der Waals surface area (Å²) in [5.74, 6) is 0. The molecule has 0 atom stereocenters. The van der Waals surface area contributed by atoms with Gasteiger partial charge in [0.25, 0.3) is 0 Å². The molecule has 0 heterocycles. The van der Waals surface area contributed by atoms with Crippen LogP contribution in [0.3, 0.4) is 0 Å². The molecule has 30 valence electrons. The predicted octanol–water partition coefficient (Wildman–Crippen LogP) is 0.175. The predicted molar refractivity (Wildman–Crippen MR) is 19.6 cm³/mol. The zero-order valence-corrected chi connectivity index (χ0v) is 5.51. The summed E-state index contributed by atoms with van der Waals surface area (Å²) in [5, 5.41) is 0. The molecule has 0 aliphatic heterocycles. The third-order valence-corrected chi connectivity index (χ3v) is 0. The SMILES string of the molecule is CN(C)C.[Ti]. The normalized spacial score (nSPS) is 7.20. The van der Waals surface area contributed by atoms with Crippen LogP contribution >= 0.6 is 0 Å². The molecule has 0 rings (SSSR count). The van der Waals surface area contributed by atoms with E-state index in [2.05, 4.69) is 0 Å². The quantitative estimate of drug-likeness (QED) is 0.399. The summed E-state index contributed by atoms with van der Waals surface area (Å²) in [7, 11) is 6.00. The van der Waals surface area contributed by atoms with E-state index in [9.17, 15) is 0 Å². The molecule has 0 saturated heterocycles. The van der Waals surface area contributed by atoms with E-state index in [4.69, 9.17) is 0 Å². The van der Waals surface area contributed by atoms with Crippen molar-refractivity contribution in [3.05, 3.63) is 0 Å². The molecule has 0 bridgehead atoms. The van der Waals surface area contributed by atoms with Crippen molar-refractivity contribution < 1.29 is 21.7 Å². The average Bonchev–Trinajstić information content (AvgIpc) is 0.811. The van der Waals surface area contributed by atoms with Gasteiger partial charge in [0.05, 0.1) is 0 Å². The van der Waals surface area contributed by atoms with E-state index in [1.54, 1.807) is 0 Å². The van der Waals surface area contributed by atoms with Crippen molar-refractivity contribution in [3.63, 3.8) is 0 Å². The second-order valence-corrected chi connectivity index (χ2v) is 1.34. The molecule has 0 N–H and O–H groups in total. The molecule has 1 nitrogen and oxygen atoms in total. The third kappa shape index (κ3) is 73.5. The Morgan fingerprint density at radius 2 is 1.00 bits per heavy atom. The van der Waals surface area contributed by atoms with Crippen LogP contribution in [0.5, 0.6) is 0 Å². The zero-order valence-electron chi connectivity index (χ0n) is 3.95. The topological polar surface area (TPSA) is 3.24 Å². The Kier molecular flexibility index (Phi) is 8.59. The van der Waals surface area contributed by atoms with Crippen LogP contribution in [-0.4, -0.2) is 26.0 Å². The van der Waals surface area contributed by atoms with Gasteiger partial charge >= 0.3 is 0 Å². The van der Waals surface area contributed by atoms with Gasteiger partial charge in [-0.2, -0.15) is 0 Å². The minimum atomic E-state index is 0. The van der Waals surface area contributed by atoms with Gasteiger partial charge < -0.3 is 4.90 Å². The second-order valence-electron chi connectivity index (χ2n) is 1.34. The number of hydrogen-bond donors (Lipinski definition) is 0. The summed E-state index contributed by atoms with van der Waals surface area (Å²) in [6.07, 6.45) is 0. The molecule has 0 amide bonds. The van der Waals surface area contributed by atoms with Gasteiger partial charge in [0, 0.05) is 21.7 Å². The smallest absolute Gasteiger partial charge is 0 e. The molecule has 0 aromatic heterocycles. The molecule has 0 fully saturated rings. The van der Waals surface area contributed by atoms with E-state index in [1.807, 2.05) is 26.0 Å². The number of nitrogens with zero attached hydrogens (tertiary/aromatic N) is 1. The molecule has 5 heavy (non-hydrogen) atoms. The van der Waals surface area contributed by atoms with Gasteiger partial charge in [0.2, 0.25) is 0 Å². The van der Waals surface area contributed by atoms with Crippen LogP contribution < -0.4 is 0 Å². The second kappa shape index (κ2) is 4.67. The molecule has 0 spiro atoms. The van der Waals surface area contributed by atoms with Gasteiger partial charge in [-0.1, -0.05) is 0 Å². The Bertz CT molecular complexity index is 11.6. The van der Waals surface area contributed by atoms with Crippen molar-refractivity contribution in [2.75, 3.05) is 21.1 Å². The van der Waals surface area contributed by atoms with Crippen molar-refractivity contribution in [2.45, 2.75) is 0 Å². The molecule has 0 aliphatic carbocycles. The van der Waals surface area contributed by atoms with E-state index >= 15 is 0 Å². The monoisotopic (exact) mass is 107 g/mol. The standard InChI is InChI=1S/C3H9N.Ti/c1-4(2)3;/h1-3H3;. The fraction of sp³-hybridized carbons (Fsp3) is 1.00. The molecule has 0 aromatic carbocycles. The minimum absolute atomic E-state index is 0. The van der Waals surface area contributed by atoms with Gasteiger partial charge in [-0.05, 0) is 21.1 Å². The fourth-order valence-electron chi connectivity index (χ4n) is 0. The van der Waals surface area contributed by atoms with E-state index < -0.39 is 0 Å². The average molecular weight is 107 g/mol. The molecule has 0 radical (unpaired) electrons. The van der Waals surface area contributed by atoms with E-state index in [1.165, 1.54) is 0 Å². The minimum Gasteiger partial charge on any atom is -0.312 e. The maximum absolute atomic E-state index is 2.00. The van der Waals surface area contributed by atoms with Crippen LogP contribution in [0.25, 0.3) is 0 Å². The van der Waals surface area contributed by atoms with E-state index in [0.29, 0.717) is 0 Å². The van der Waals surface area contributed by atoms with Crippen molar-refractivity contribution in [3.8, 4) is 0 Å². The summed E-state index contributed by atoms with van der Waals surface area (Å²) in [4.78, 5) is 2.00. The molecular weight excluding hydrogens is 97.9 g/mol. The van der Waals surface area contributed by atoms with Crippen LogP contribution in [-0.2, 0) is 21.7 Å². The maximum Gasteiger partial charge on any atom is 0 e. The molecule has 0 aromatic rings. The Morgan fingerprint density at radius 1 is 1.00 bits per heavy atom. The third-order valence-electron chi connectivity index (χ3n) is 0. The first-order valence-corrected chi connectivity index (χ1v) is 1.34. The van der Waals surface area contributed by atoms with Gasteiger partial charge in [0.1, 0.15) is 0 Å². The molecule has 0 unspecified atom stereocenters. The fourth-order valence-corrected chi connectivity index (χ4v) is 0. The Labute approximate surface area is 48.2 Å². The van der Waals surface area contributed by atoms with Crippen molar-refractivity contribution >= 4 is 0 Å². The Hall–Kier alpha value is 0.674. The van der Waals surface area contributed by atoms with E-state index in [-0.39, 0.29) is 21.7 Å². The summed E-state index contributed by atoms with van der Waals surface area (Å²) in [6.45, 7) is 0. The van der Waals surface area contributed by atoms with Crippen LogP contribution in [0.1, 0.15) is 0 Å². The summed E-state index contributed by atoms with van der Waals surface area (Å²) in [6, 6.07) is 0. The zero-order chi connectivity index (χ0) is 3.58.